The molecular formula is C14H12F3N3O2. The molecule has 0 heterocycles. The van der Waals surface area contributed by atoms with Crippen molar-refractivity contribution in [2.45, 2.75) is 32.4 Å². The normalized spacial score (nSPS) is 11.5. The SMILES string of the molecule is Cc1cc(CC(C#N)(C#N)CCC(F)(F)F)ccc1[N+](=O)[O-]. The zero-order valence-corrected chi connectivity index (χ0v) is 11.6. The minimum absolute atomic E-state index is 0.126. The molecule has 0 bridgehead atoms. The van der Waals surface area contributed by atoms with Crippen LogP contribution in [0.2, 0.25) is 0 Å². The summed E-state index contributed by atoms with van der Waals surface area (Å²) in [6.45, 7) is 1.48. The van der Waals surface area contributed by atoms with Gasteiger partial charge in [0.25, 0.3) is 5.69 Å². The number of hydrogen-bond donors (Lipinski definition) is 0. The number of nitriles is 2. The molecule has 22 heavy (non-hydrogen) atoms. The second-order valence-electron chi connectivity index (χ2n) is 4.98. The number of halogens is 3. The Morgan fingerprint density at radius 2 is 1.82 bits per heavy atom. The van der Waals surface area contributed by atoms with Gasteiger partial charge in [-0.1, -0.05) is 6.07 Å². The van der Waals surface area contributed by atoms with Crippen LogP contribution in [-0.2, 0) is 6.42 Å². The van der Waals surface area contributed by atoms with Crippen molar-refractivity contribution in [1.82, 2.24) is 0 Å². The minimum atomic E-state index is -4.45. The summed E-state index contributed by atoms with van der Waals surface area (Å²) < 4.78 is 36.9. The maximum atomic E-state index is 12.3. The van der Waals surface area contributed by atoms with E-state index >= 15 is 0 Å². The van der Waals surface area contributed by atoms with Crippen LogP contribution in [0.1, 0.15) is 24.0 Å². The van der Waals surface area contributed by atoms with Gasteiger partial charge < -0.3 is 0 Å². The maximum Gasteiger partial charge on any atom is 0.389 e. The third kappa shape index (κ3) is 4.45. The van der Waals surface area contributed by atoms with Crippen molar-refractivity contribution in [2.24, 2.45) is 5.41 Å². The standard InChI is InChI=1S/C14H12F3N3O2/c1-10-6-11(2-3-12(10)20(21)22)7-13(8-18,9-19)4-5-14(15,16)17/h2-3,6H,4-5,7H2,1H3. The lowest BCUT2D eigenvalue weighted by molar-refractivity contribution is -0.385. The highest BCUT2D eigenvalue weighted by Gasteiger charge is 2.37. The summed E-state index contributed by atoms with van der Waals surface area (Å²) in [5.74, 6) is 0. The van der Waals surface area contributed by atoms with Crippen LogP contribution in [0.4, 0.5) is 18.9 Å². The predicted octanol–water partition coefficient (Wildman–Crippen LogP) is 3.82. The lowest BCUT2D eigenvalue weighted by Gasteiger charge is -2.19. The highest BCUT2D eigenvalue weighted by atomic mass is 19.4. The molecule has 116 valence electrons. The molecule has 0 N–H and O–H groups in total. The van der Waals surface area contributed by atoms with Crippen molar-refractivity contribution in [3.05, 3.63) is 39.4 Å². The summed E-state index contributed by atoms with van der Waals surface area (Å²) in [5, 5.41) is 28.9. The zero-order valence-electron chi connectivity index (χ0n) is 11.6. The first-order chi connectivity index (χ1) is 10.1. The molecule has 0 unspecified atom stereocenters. The van der Waals surface area contributed by atoms with Crippen molar-refractivity contribution < 1.29 is 18.1 Å². The van der Waals surface area contributed by atoms with Crippen molar-refractivity contribution in [2.75, 3.05) is 0 Å². The number of alkyl halides is 3. The molecule has 0 fully saturated rings. The monoisotopic (exact) mass is 311 g/mol. The molecule has 1 aromatic rings. The first kappa shape index (κ1) is 17.4. The van der Waals surface area contributed by atoms with Gasteiger partial charge in [0, 0.05) is 24.5 Å². The Balaban J connectivity index is 3.02. The molecule has 0 amide bonds. The third-order valence-corrected chi connectivity index (χ3v) is 3.23. The number of benzene rings is 1. The third-order valence-electron chi connectivity index (χ3n) is 3.23. The molecule has 0 saturated heterocycles. The second-order valence-corrected chi connectivity index (χ2v) is 4.98. The van der Waals surface area contributed by atoms with Gasteiger partial charge in [0.15, 0.2) is 0 Å². The van der Waals surface area contributed by atoms with Gasteiger partial charge >= 0.3 is 6.18 Å². The van der Waals surface area contributed by atoms with Crippen LogP contribution >= 0.6 is 0 Å². The van der Waals surface area contributed by atoms with E-state index < -0.39 is 29.4 Å². The number of nitro groups is 1. The summed E-state index contributed by atoms with van der Waals surface area (Å²) >= 11 is 0. The molecule has 0 saturated carbocycles. The molecule has 0 aliphatic rings. The van der Waals surface area contributed by atoms with E-state index in [0.29, 0.717) is 11.1 Å². The van der Waals surface area contributed by atoms with E-state index in [-0.39, 0.29) is 12.1 Å². The average molecular weight is 311 g/mol. The zero-order chi connectivity index (χ0) is 17.0. The molecule has 0 aliphatic heterocycles. The second kappa shape index (κ2) is 6.44. The first-order valence-electron chi connectivity index (χ1n) is 6.26. The summed E-state index contributed by atoms with van der Waals surface area (Å²) in [6, 6.07) is 7.27. The number of hydrogen-bond acceptors (Lipinski definition) is 4. The largest absolute Gasteiger partial charge is 0.389 e. The van der Waals surface area contributed by atoms with Gasteiger partial charge in [-0.05, 0) is 25.0 Å². The maximum absolute atomic E-state index is 12.3. The van der Waals surface area contributed by atoms with Gasteiger partial charge in [-0.25, -0.2) is 0 Å². The average Bonchev–Trinajstić information content (AvgIpc) is 2.42. The Labute approximate surface area is 124 Å². The topological polar surface area (TPSA) is 90.7 Å². The van der Waals surface area contributed by atoms with Crippen LogP contribution in [-0.4, -0.2) is 11.1 Å². The van der Waals surface area contributed by atoms with Crippen molar-refractivity contribution in [3.63, 3.8) is 0 Å². The van der Waals surface area contributed by atoms with Crippen LogP contribution in [0.15, 0.2) is 18.2 Å². The number of aryl methyl sites for hydroxylation is 1. The van der Waals surface area contributed by atoms with Crippen molar-refractivity contribution >= 4 is 5.69 Å². The Kier molecular flexibility index (Phi) is 5.10. The Morgan fingerprint density at radius 1 is 1.23 bits per heavy atom. The van der Waals surface area contributed by atoms with Crippen molar-refractivity contribution in [1.29, 1.82) is 10.5 Å². The summed E-state index contributed by atoms with van der Waals surface area (Å²) in [7, 11) is 0. The van der Waals surface area contributed by atoms with Gasteiger partial charge in [-0.2, -0.15) is 23.7 Å². The Bertz CT molecular complexity index is 643. The summed E-state index contributed by atoms with van der Waals surface area (Å²) in [5.41, 5.74) is -1.20. The van der Waals surface area contributed by atoms with Gasteiger partial charge in [0.2, 0.25) is 0 Å². The van der Waals surface area contributed by atoms with E-state index in [4.69, 9.17) is 10.5 Å². The molecular weight excluding hydrogens is 299 g/mol. The van der Waals surface area contributed by atoms with Gasteiger partial charge in [-0.15, -0.1) is 0 Å². The van der Waals surface area contributed by atoms with Crippen LogP contribution in [0.5, 0.6) is 0 Å². The number of nitro benzene ring substituents is 1. The van der Waals surface area contributed by atoms with Gasteiger partial charge in [0.05, 0.1) is 17.1 Å². The molecule has 0 atom stereocenters. The van der Waals surface area contributed by atoms with E-state index in [1.165, 1.54) is 25.1 Å². The fourth-order valence-corrected chi connectivity index (χ4v) is 2.04. The lowest BCUT2D eigenvalue weighted by atomic mass is 9.80. The smallest absolute Gasteiger partial charge is 0.258 e. The van der Waals surface area contributed by atoms with Gasteiger partial charge in [-0.3, -0.25) is 10.1 Å². The van der Waals surface area contributed by atoms with Crippen molar-refractivity contribution in [3.8, 4) is 12.1 Å². The van der Waals surface area contributed by atoms with E-state index in [0.717, 1.165) is 0 Å². The molecule has 1 aromatic carbocycles. The van der Waals surface area contributed by atoms with E-state index in [1.807, 2.05) is 0 Å². The molecule has 0 spiro atoms. The highest BCUT2D eigenvalue weighted by Crippen LogP contribution is 2.33. The molecule has 0 aromatic heterocycles. The highest BCUT2D eigenvalue weighted by molar-refractivity contribution is 5.42. The summed E-state index contributed by atoms with van der Waals surface area (Å²) in [6.07, 6.45) is -6.54. The molecule has 0 aliphatic carbocycles. The van der Waals surface area contributed by atoms with Crippen LogP contribution in [0.25, 0.3) is 0 Å². The lowest BCUT2D eigenvalue weighted by Crippen LogP contribution is -2.23. The van der Waals surface area contributed by atoms with Crippen LogP contribution < -0.4 is 0 Å². The molecule has 5 nitrogen and oxygen atoms in total. The fourth-order valence-electron chi connectivity index (χ4n) is 2.04. The first-order valence-corrected chi connectivity index (χ1v) is 6.26. The fraction of sp³-hybridized carbons (Fsp3) is 0.429. The summed E-state index contributed by atoms with van der Waals surface area (Å²) in [4.78, 5) is 10.1. The predicted molar refractivity (Wildman–Crippen MR) is 70.5 cm³/mol. The minimum Gasteiger partial charge on any atom is -0.258 e. The van der Waals surface area contributed by atoms with Crippen LogP contribution in [0, 0.1) is 45.1 Å². The molecule has 8 heteroatoms. The molecule has 0 radical (unpaired) electrons. The molecule has 1 rings (SSSR count). The number of nitrogens with zero attached hydrogens (tertiary/aromatic N) is 3. The van der Waals surface area contributed by atoms with Crippen LogP contribution in [0.3, 0.4) is 0 Å². The van der Waals surface area contributed by atoms with Gasteiger partial charge in [0.1, 0.15) is 5.41 Å². The number of rotatable bonds is 5. The quantitative estimate of drug-likeness (QED) is 0.610. The van der Waals surface area contributed by atoms with E-state index in [9.17, 15) is 23.3 Å². The Hall–Kier alpha value is -2.61. The van der Waals surface area contributed by atoms with E-state index in [1.54, 1.807) is 12.1 Å². The van der Waals surface area contributed by atoms with E-state index in [2.05, 4.69) is 0 Å². The Morgan fingerprint density at radius 3 is 2.23 bits per heavy atom.